The Balaban J connectivity index is 2.54. The van der Waals surface area contributed by atoms with Gasteiger partial charge in [0.25, 0.3) is 0 Å². The topological polar surface area (TPSA) is 84.2 Å². The number of carbonyl (C=O) groups is 1. The number of hydrogen-bond acceptors (Lipinski definition) is 4. The van der Waals surface area contributed by atoms with E-state index in [-0.39, 0.29) is 27.3 Å². The van der Waals surface area contributed by atoms with Crippen LogP contribution in [0.3, 0.4) is 0 Å². The number of hydrogen-bond donors (Lipinski definition) is 2. The minimum atomic E-state index is -0.606. The highest BCUT2D eigenvalue weighted by Crippen LogP contribution is 2.42. The first-order valence-electron chi connectivity index (χ1n) is 5.69. The van der Waals surface area contributed by atoms with Crippen LogP contribution in [0, 0.1) is 0 Å². The summed E-state index contributed by atoms with van der Waals surface area (Å²) in [7, 11) is 3.08. The fourth-order valence-corrected chi connectivity index (χ4v) is 2.56. The van der Waals surface area contributed by atoms with E-state index in [0.717, 1.165) is 0 Å². The quantitative estimate of drug-likeness (QED) is 0.866. The molecule has 1 heterocycles. The number of nitrogens with two attached hydrogens (primary N) is 1. The zero-order valence-electron chi connectivity index (χ0n) is 11.1. The molecular formula is C12H11Cl3N4O2. The lowest BCUT2D eigenvalue weighted by atomic mass is 10.1. The normalized spacial score (nSPS) is 10.5. The highest BCUT2D eigenvalue weighted by Gasteiger charge is 2.23. The van der Waals surface area contributed by atoms with Gasteiger partial charge in [-0.05, 0) is 12.1 Å². The molecule has 6 nitrogen and oxygen atoms in total. The van der Waals surface area contributed by atoms with Crippen molar-refractivity contribution in [3.63, 3.8) is 0 Å². The molecule has 2 aromatic rings. The predicted molar refractivity (Wildman–Crippen MR) is 83.2 cm³/mol. The van der Waals surface area contributed by atoms with Crippen molar-refractivity contribution in [2.75, 3.05) is 19.8 Å². The number of H-pyrrole nitrogens is 1. The molecule has 0 saturated heterocycles. The Hall–Kier alpha value is -1.63. The first-order valence-corrected chi connectivity index (χ1v) is 6.82. The van der Waals surface area contributed by atoms with Gasteiger partial charge in [0.05, 0.1) is 10.0 Å². The van der Waals surface area contributed by atoms with Gasteiger partial charge in [-0.2, -0.15) is 5.10 Å². The van der Waals surface area contributed by atoms with Crippen molar-refractivity contribution in [1.29, 1.82) is 0 Å². The van der Waals surface area contributed by atoms with Gasteiger partial charge in [-0.25, -0.2) is 4.79 Å². The zero-order valence-corrected chi connectivity index (χ0v) is 13.3. The van der Waals surface area contributed by atoms with Gasteiger partial charge in [-0.3, -0.25) is 5.10 Å². The number of nitrogens with one attached hydrogen (secondary N) is 1. The van der Waals surface area contributed by atoms with Gasteiger partial charge in [0.15, 0.2) is 5.82 Å². The second kappa shape index (κ2) is 6.01. The molecule has 9 heteroatoms. The number of amides is 1. The van der Waals surface area contributed by atoms with Crippen molar-refractivity contribution in [2.24, 2.45) is 0 Å². The molecular weight excluding hydrogens is 339 g/mol. The van der Waals surface area contributed by atoms with E-state index < -0.39 is 6.09 Å². The summed E-state index contributed by atoms with van der Waals surface area (Å²) in [6, 6.07) is 3.01. The van der Waals surface area contributed by atoms with Gasteiger partial charge in [0, 0.05) is 24.7 Å². The van der Waals surface area contributed by atoms with Crippen LogP contribution in [0.4, 0.5) is 10.6 Å². The van der Waals surface area contributed by atoms with E-state index in [1.807, 2.05) is 0 Å². The summed E-state index contributed by atoms with van der Waals surface area (Å²) in [6.45, 7) is 0. The summed E-state index contributed by atoms with van der Waals surface area (Å²) in [5.41, 5.74) is 6.33. The molecule has 3 N–H and O–H groups in total. The molecule has 1 aromatic heterocycles. The van der Waals surface area contributed by atoms with Gasteiger partial charge in [-0.1, -0.05) is 34.8 Å². The molecule has 0 fully saturated rings. The summed E-state index contributed by atoms with van der Waals surface area (Å²) in [4.78, 5) is 12.9. The minimum absolute atomic E-state index is 0.0554. The number of carbonyl (C=O) groups excluding carboxylic acids is 1. The van der Waals surface area contributed by atoms with E-state index >= 15 is 0 Å². The van der Waals surface area contributed by atoms with Crippen molar-refractivity contribution in [2.45, 2.75) is 0 Å². The first kappa shape index (κ1) is 15.8. The van der Waals surface area contributed by atoms with Crippen LogP contribution in [0.1, 0.15) is 0 Å². The Morgan fingerprint density at radius 2 is 1.86 bits per heavy atom. The standard InChI is InChI=1S/C12H11Cl3N4O2/c1-19(2)12(20)21-10-9(17-18-11(10)16)8-6(14)3-5(13)4-7(8)15/h3-4H,1-2H3,(H3,16,17,18). The summed E-state index contributed by atoms with van der Waals surface area (Å²) in [5, 5.41) is 7.43. The van der Waals surface area contributed by atoms with Gasteiger partial charge in [0.2, 0.25) is 5.75 Å². The van der Waals surface area contributed by atoms with Crippen molar-refractivity contribution in [1.82, 2.24) is 15.1 Å². The number of rotatable bonds is 2. The van der Waals surface area contributed by atoms with E-state index in [1.165, 1.54) is 17.0 Å². The maximum Gasteiger partial charge on any atom is 0.414 e. The van der Waals surface area contributed by atoms with E-state index in [0.29, 0.717) is 10.6 Å². The van der Waals surface area contributed by atoms with Crippen LogP contribution < -0.4 is 10.5 Å². The molecule has 0 unspecified atom stereocenters. The fraction of sp³-hybridized carbons (Fsp3) is 0.167. The Morgan fingerprint density at radius 3 is 2.38 bits per heavy atom. The predicted octanol–water partition coefficient (Wildman–Crippen LogP) is 3.68. The maximum absolute atomic E-state index is 11.7. The largest absolute Gasteiger partial charge is 0.414 e. The SMILES string of the molecule is CN(C)C(=O)Oc1c(-c2c(Cl)cc(Cl)cc2Cl)n[nH]c1N. The Labute approximate surface area is 135 Å². The number of halogens is 3. The molecule has 21 heavy (non-hydrogen) atoms. The molecule has 2 rings (SSSR count). The van der Waals surface area contributed by atoms with Crippen LogP contribution in [0.5, 0.6) is 5.75 Å². The average molecular weight is 350 g/mol. The number of nitrogen functional groups attached to an aromatic ring is 1. The van der Waals surface area contributed by atoms with Crippen LogP contribution >= 0.6 is 34.8 Å². The second-order valence-electron chi connectivity index (χ2n) is 4.32. The van der Waals surface area contributed by atoms with Crippen LogP contribution in [0.2, 0.25) is 15.1 Å². The number of aromatic amines is 1. The van der Waals surface area contributed by atoms with Gasteiger partial charge >= 0.3 is 6.09 Å². The van der Waals surface area contributed by atoms with Gasteiger partial charge < -0.3 is 15.4 Å². The third kappa shape index (κ3) is 3.18. The highest BCUT2D eigenvalue weighted by atomic mass is 35.5. The molecule has 1 amide bonds. The van der Waals surface area contributed by atoms with Crippen LogP contribution in [0.25, 0.3) is 11.3 Å². The molecule has 112 valence electrons. The molecule has 0 saturated carbocycles. The number of benzene rings is 1. The molecule has 0 aliphatic carbocycles. The van der Waals surface area contributed by atoms with Crippen molar-refractivity contribution in [3.8, 4) is 17.0 Å². The molecule has 0 aliphatic rings. The molecule has 0 aliphatic heterocycles. The summed E-state index contributed by atoms with van der Waals surface area (Å²) in [6.07, 6.45) is -0.606. The molecule has 0 bridgehead atoms. The van der Waals surface area contributed by atoms with Crippen LogP contribution in [0.15, 0.2) is 12.1 Å². The Morgan fingerprint density at radius 1 is 1.29 bits per heavy atom. The number of ether oxygens (including phenoxy) is 1. The molecule has 1 aromatic carbocycles. The maximum atomic E-state index is 11.7. The highest BCUT2D eigenvalue weighted by molar-refractivity contribution is 6.41. The smallest absolute Gasteiger partial charge is 0.404 e. The molecule has 0 radical (unpaired) electrons. The number of nitrogens with zero attached hydrogens (tertiary/aromatic N) is 2. The third-order valence-corrected chi connectivity index (χ3v) is 3.36. The second-order valence-corrected chi connectivity index (χ2v) is 5.57. The lowest BCUT2D eigenvalue weighted by Crippen LogP contribution is -2.25. The zero-order chi connectivity index (χ0) is 15.7. The Bertz CT molecular complexity index is 677. The summed E-state index contributed by atoms with van der Waals surface area (Å²) in [5.74, 6) is 0.141. The number of anilines is 1. The van der Waals surface area contributed by atoms with E-state index in [2.05, 4.69) is 10.2 Å². The molecule has 0 spiro atoms. The summed E-state index contributed by atoms with van der Waals surface area (Å²) >= 11 is 18.1. The van der Waals surface area contributed by atoms with Crippen molar-refractivity contribution >= 4 is 46.7 Å². The summed E-state index contributed by atoms with van der Waals surface area (Å²) < 4.78 is 5.19. The van der Waals surface area contributed by atoms with E-state index in [9.17, 15) is 4.79 Å². The lowest BCUT2D eigenvalue weighted by molar-refractivity contribution is 0.172. The van der Waals surface area contributed by atoms with Crippen LogP contribution in [-0.2, 0) is 0 Å². The van der Waals surface area contributed by atoms with Crippen LogP contribution in [-0.4, -0.2) is 35.3 Å². The molecule has 0 atom stereocenters. The fourth-order valence-electron chi connectivity index (χ4n) is 1.57. The van der Waals surface area contributed by atoms with E-state index in [4.69, 9.17) is 45.3 Å². The van der Waals surface area contributed by atoms with Crippen molar-refractivity contribution < 1.29 is 9.53 Å². The first-order chi connectivity index (χ1) is 9.81. The number of aromatic nitrogens is 2. The monoisotopic (exact) mass is 348 g/mol. The lowest BCUT2D eigenvalue weighted by Gasteiger charge is -2.12. The minimum Gasteiger partial charge on any atom is -0.404 e. The Kier molecular flexibility index (Phi) is 4.51. The van der Waals surface area contributed by atoms with Gasteiger partial charge in [-0.15, -0.1) is 0 Å². The van der Waals surface area contributed by atoms with E-state index in [1.54, 1.807) is 14.1 Å². The average Bonchev–Trinajstić information content (AvgIpc) is 2.70. The van der Waals surface area contributed by atoms with Crippen molar-refractivity contribution in [3.05, 3.63) is 27.2 Å². The van der Waals surface area contributed by atoms with Gasteiger partial charge in [0.1, 0.15) is 5.69 Å². The third-order valence-electron chi connectivity index (χ3n) is 2.55.